The van der Waals surface area contributed by atoms with E-state index < -0.39 is 12.1 Å². The Morgan fingerprint density at radius 1 is 0.268 bits per heavy atom. The summed E-state index contributed by atoms with van der Waals surface area (Å²) in [6.07, 6.45) is 0. The molecule has 2 aromatic heterocycles. The first-order valence-corrected chi connectivity index (χ1v) is 43.5. The van der Waals surface area contributed by atoms with Crippen molar-refractivity contribution in [3.8, 4) is 129 Å². The zero-order chi connectivity index (χ0) is 85.0. The maximum absolute atomic E-state index is 10.5. The Morgan fingerprint density at radius 2 is 0.559 bits per heavy atom. The molecular weight excluding hydrogens is 1540 g/mol. The van der Waals surface area contributed by atoms with Gasteiger partial charge in [0.1, 0.15) is 0 Å². The number of nitriles is 1. The van der Waals surface area contributed by atoms with Crippen molar-refractivity contribution in [3.63, 3.8) is 0 Å². The lowest BCUT2D eigenvalue weighted by Gasteiger charge is -2.46. The van der Waals surface area contributed by atoms with Crippen molar-refractivity contribution in [2.24, 2.45) is 0 Å². The lowest BCUT2D eigenvalue weighted by Crippen LogP contribution is -2.61. The molecule has 0 saturated carbocycles. The van der Waals surface area contributed by atoms with Gasteiger partial charge in [-0.1, -0.05) is 336 Å². The predicted molar refractivity (Wildman–Crippen MR) is 533 cm³/mol. The molecule has 4 heterocycles. The Bertz CT molecular complexity index is 7280. The number of hydrogen-bond donors (Lipinski definition) is 0. The van der Waals surface area contributed by atoms with Crippen LogP contribution in [0.5, 0.6) is 0 Å². The first-order chi connectivity index (χ1) is 62.5. The molecule has 6 nitrogen and oxygen atoms in total. The fourth-order valence-corrected chi connectivity index (χ4v) is 20.0. The van der Waals surface area contributed by atoms with Gasteiger partial charge in [0.2, 0.25) is 0 Å². The first kappa shape index (κ1) is 75.4. The van der Waals surface area contributed by atoms with E-state index in [-0.39, 0.29) is 0 Å². The van der Waals surface area contributed by atoms with Crippen molar-refractivity contribution in [2.45, 2.75) is 26.2 Å². The van der Waals surface area contributed by atoms with Crippen LogP contribution in [0.2, 0.25) is 0 Å². The molecule has 19 aromatic carbocycles. The summed E-state index contributed by atoms with van der Waals surface area (Å²) in [6.45, 7) is 15.0. The van der Waals surface area contributed by atoms with Crippen molar-refractivity contribution >= 4 is 107 Å². The molecule has 2 aliphatic heterocycles. The molecule has 21 aromatic rings. The lowest BCUT2D eigenvalue weighted by atomic mass is 9.33. The SMILES string of the molecule is [C-]#[N+]c1ccc(-c2cc(-c3cccc(-c4ccccc4)c3)c(N3c4cc(-n5c6ccccc6c6ccccc65)ccc4B4c5ccc(-n6c7ccccc7c7ccccc76)cc5N(c5c(-c6cccc(-c7ccccc7)c6)cc(-c6ccc(C#N)cc6)cc5-c5cccc(-c6ccccc6)c5)c5cc(C(C)(C)C)cc3c54)c(-c3cccc(-c4ccccc4)c3)c2)cc1. The van der Waals surface area contributed by atoms with E-state index in [1.807, 2.05) is 24.3 Å². The topological polar surface area (TPSA) is 44.5 Å². The van der Waals surface area contributed by atoms with Crippen LogP contribution in [0, 0.1) is 17.9 Å². The molecule has 0 N–H and O–H groups in total. The van der Waals surface area contributed by atoms with Gasteiger partial charge in [-0.2, -0.15) is 5.26 Å². The summed E-state index contributed by atoms with van der Waals surface area (Å²) in [5.41, 5.74) is 39.0. The summed E-state index contributed by atoms with van der Waals surface area (Å²) in [5.74, 6) is 0. The molecule has 2 aliphatic rings. The number of nitrogens with zero attached hydrogens (tertiary/aromatic N) is 6. The summed E-state index contributed by atoms with van der Waals surface area (Å²) in [7, 11) is 0. The Labute approximate surface area is 739 Å². The standard InChI is InChI=1S/C120H81BN6/c1-120(2,3)95-73-115-117-116(74-95)127(119-105(91-43-27-39-87(67-91)81-33-13-7-14-34-81)71-94(84-57-59-96(123-4)60-58-84)72-106(119)92-44-28-40-88(68-92)82-35-15-8-16-36-82)114-76-98(125-111-51-23-19-47-101(111)102-48-20-24-52-112(102)125)62-64-108(114)121(117)107-63-61-97(124-109-49-21-17-45-99(109)100-46-18-22-50-110(100)124)75-113(107)126(115)118-103(89-41-25-37-85(65-89)79-29-9-5-10-30-79)69-93(83-55-53-78(77-122)54-56-83)70-104(118)90-42-26-38-86(66-90)80-31-11-6-12-32-80/h5-76H,1-3H3. The van der Waals surface area contributed by atoms with E-state index in [0.717, 1.165) is 201 Å². The number of aromatic nitrogens is 2. The number of hydrogen-bond acceptors (Lipinski definition) is 3. The average molecular weight is 1620 g/mol. The maximum atomic E-state index is 10.5. The van der Waals surface area contributed by atoms with Crippen molar-refractivity contribution < 1.29 is 0 Å². The van der Waals surface area contributed by atoms with Crippen LogP contribution in [0.25, 0.3) is 171 Å². The van der Waals surface area contributed by atoms with Crippen LogP contribution in [-0.2, 0) is 5.41 Å². The third-order valence-electron chi connectivity index (χ3n) is 26.0. The molecule has 0 unspecified atom stereocenters. The molecule has 0 aliphatic carbocycles. The molecule has 0 amide bonds. The molecule has 7 heteroatoms. The molecule has 23 rings (SSSR count). The van der Waals surface area contributed by atoms with E-state index in [1.54, 1.807) is 0 Å². The number of para-hydroxylation sites is 4. The Hall–Kier alpha value is -16.6. The summed E-state index contributed by atoms with van der Waals surface area (Å²) < 4.78 is 4.97. The third kappa shape index (κ3) is 13.0. The van der Waals surface area contributed by atoms with E-state index in [9.17, 15) is 5.26 Å². The molecule has 0 atom stereocenters. The largest absolute Gasteiger partial charge is 0.310 e. The van der Waals surface area contributed by atoms with Gasteiger partial charge in [0, 0.05) is 77.9 Å². The monoisotopic (exact) mass is 1620 g/mol. The van der Waals surface area contributed by atoms with Gasteiger partial charge in [0.05, 0.1) is 51.6 Å². The average Bonchev–Trinajstić information content (AvgIpc) is 0.948. The highest BCUT2D eigenvalue weighted by atomic mass is 15.2. The van der Waals surface area contributed by atoms with E-state index in [4.69, 9.17) is 6.57 Å². The Balaban J connectivity index is 0.909. The van der Waals surface area contributed by atoms with Crippen molar-refractivity contribution in [1.82, 2.24) is 9.13 Å². The summed E-state index contributed by atoms with van der Waals surface area (Å²) in [6, 6.07) is 164. The third-order valence-corrected chi connectivity index (χ3v) is 26.0. The van der Waals surface area contributed by atoms with E-state index in [1.165, 1.54) is 21.5 Å². The molecule has 0 fully saturated rings. The van der Waals surface area contributed by atoms with E-state index in [0.29, 0.717) is 11.3 Å². The van der Waals surface area contributed by atoms with Gasteiger partial charge in [0.15, 0.2) is 5.69 Å². The number of benzene rings is 19. The molecule has 594 valence electrons. The number of anilines is 6. The van der Waals surface area contributed by atoms with Crippen LogP contribution in [-0.4, -0.2) is 15.8 Å². The number of fused-ring (bicyclic) bond motifs is 10. The van der Waals surface area contributed by atoms with Crippen LogP contribution in [0.1, 0.15) is 31.9 Å². The van der Waals surface area contributed by atoms with Gasteiger partial charge in [-0.25, -0.2) is 4.85 Å². The van der Waals surface area contributed by atoms with E-state index >= 15 is 0 Å². The van der Waals surface area contributed by atoms with Gasteiger partial charge >= 0.3 is 0 Å². The minimum atomic E-state index is -0.477. The van der Waals surface area contributed by atoms with E-state index in [2.05, 4.69) is 463 Å². The lowest BCUT2D eigenvalue weighted by molar-refractivity contribution is 0.590. The minimum Gasteiger partial charge on any atom is -0.310 e. The molecule has 0 spiro atoms. The van der Waals surface area contributed by atoms with Crippen molar-refractivity contribution in [1.29, 1.82) is 5.26 Å². The van der Waals surface area contributed by atoms with Gasteiger partial charge in [-0.05, 0) is 238 Å². The fourth-order valence-electron chi connectivity index (χ4n) is 20.0. The molecule has 127 heavy (non-hydrogen) atoms. The zero-order valence-electron chi connectivity index (χ0n) is 70.3. The van der Waals surface area contributed by atoms with Crippen molar-refractivity contribution in [2.75, 3.05) is 9.80 Å². The van der Waals surface area contributed by atoms with Crippen LogP contribution < -0.4 is 26.2 Å². The second-order valence-corrected chi connectivity index (χ2v) is 34.5. The fraction of sp³-hybridized carbons (Fsp3) is 0.0333. The highest BCUT2D eigenvalue weighted by Crippen LogP contribution is 2.57. The van der Waals surface area contributed by atoms with Crippen LogP contribution in [0.3, 0.4) is 0 Å². The Kier molecular flexibility index (Phi) is 18.3. The normalized spacial score (nSPS) is 12.1. The predicted octanol–water partition coefficient (Wildman–Crippen LogP) is 30.4. The van der Waals surface area contributed by atoms with Crippen LogP contribution >= 0.6 is 0 Å². The van der Waals surface area contributed by atoms with Gasteiger partial charge in [0.25, 0.3) is 6.71 Å². The highest BCUT2D eigenvalue weighted by molar-refractivity contribution is 7.00. The molecular formula is C120H81BN6. The van der Waals surface area contributed by atoms with Gasteiger partial charge in [-0.15, -0.1) is 0 Å². The highest BCUT2D eigenvalue weighted by Gasteiger charge is 2.47. The number of rotatable bonds is 14. The molecule has 0 bridgehead atoms. The second-order valence-electron chi connectivity index (χ2n) is 34.5. The maximum Gasteiger partial charge on any atom is 0.252 e. The molecule has 0 saturated heterocycles. The summed E-state index contributed by atoms with van der Waals surface area (Å²) in [5, 5.41) is 15.2. The van der Waals surface area contributed by atoms with Crippen LogP contribution in [0.4, 0.5) is 39.8 Å². The first-order valence-electron chi connectivity index (χ1n) is 43.5. The Morgan fingerprint density at radius 3 is 0.874 bits per heavy atom. The zero-order valence-corrected chi connectivity index (χ0v) is 70.3. The quantitative estimate of drug-likeness (QED) is 0.0805. The summed E-state index contributed by atoms with van der Waals surface area (Å²) >= 11 is 0. The smallest absolute Gasteiger partial charge is 0.252 e. The second kappa shape index (κ2) is 30.8. The summed E-state index contributed by atoms with van der Waals surface area (Å²) in [4.78, 5) is 9.34. The van der Waals surface area contributed by atoms with Crippen LogP contribution in [0.15, 0.2) is 437 Å². The van der Waals surface area contributed by atoms with Crippen molar-refractivity contribution in [3.05, 3.63) is 459 Å². The molecule has 0 radical (unpaired) electrons. The van der Waals surface area contributed by atoms with Gasteiger partial charge in [-0.3, -0.25) is 0 Å². The minimum absolute atomic E-state index is 0.390. The van der Waals surface area contributed by atoms with Gasteiger partial charge < -0.3 is 18.9 Å².